The number of amides is 1. The van der Waals surface area contributed by atoms with E-state index in [2.05, 4.69) is 10.3 Å². The van der Waals surface area contributed by atoms with E-state index in [4.69, 9.17) is 5.73 Å². The molecule has 0 saturated heterocycles. The van der Waals surface area contributed by atoms with Crippen LogP contribution >= 0.6 is 0 Å². The van der Waals surface area contributed by atoms with Crippen LogP contribution in [0.5, 0.6) is 0 Å². The Labute approximate surface area is 121 Å². The predicted molar refractivity (Wildman–Crippen MR) is 77.7 cm³/mol. The highest BCUT2D eigenvalue weighted by Gasteiger charge is 2.08. The molecule has 0 saturated carbocycles. The van der Waals surface area contributed by atoms with Crippen molar-refractivity contribution < 1.29 is 9.72 Å². The van der Waals surface area contributed by atoms with Gasteiger partial charge in [0.1, 0.15) is 5.82 Å². The lowest BCUT2D eigenvalue weighted by Gasteiger charge is -2.06. The average Bonchev–Trinajstić information content (AvgIpc) is 2.44. The first kappa shape index (κ1) is 14.4. The van der Waals surface area contributed by atoms with Gasteiger partial charge >= 0.3 is 0 Å². The van der Waals surface area contributed by atoms with Crippen LogP contribution in [-0.4, -0.2) is 15.8 Å². The summed E-state index contributed by atoms with van der Waals surface area (Å²) in [5.74, 6) is 0.0149. The highest BCUT2D eigenvalue weighted by atomic mass is 16.6. The van der Waals surface area contributed by atoms with Crippen molar-refractivity contribution in [2.75, 3.05) is 5.73 Å². The number of aromatic nitrogens is 1. The van der Waals surface area contributed by atoms with E-state index in [9.17, 15) is 14.9 Å². The molecule has 21 heavy (non-hydrogen) atoms. The summed E-state index contributed by atoms with van der Waals surface area (Å²) in [4.78, 5) is 26.1. The average molecular weight is 286 g/mol. The number of nitro benzene ring substituents is 1. The van der Waals surface area contributed by atoms with E-state index in [-0.39, 0.29) is 24.0 Å². The number of carbonyl (C=O) groups excluding carboxylic acids is 1. The smallest absolute Gasteiger partial charge is 0.269 e. The van der Waals surface area contributed by atoms with Gasteiger partial charge in [0.05, 0.1) is 4.92 Å². The Kier molecular flexibility index (Phi) is 4.13. The van der Waals surface area contributed by atoms with Gasteiger partial charge in [0.15, 0.2) is 0 Å². The van der Waals surface area contributed by atoms with Crippen molar-refractivity contribution >= 4 is 17.4 Å². The molecule has 0 bridgehead atoms. The molecule has 108 valence electrons. The minimum absolute atomic E-state index is 0.0163. The van der Waals surface area contributed by atoms with E-state index >= 15 is 0 Å². The molecular weight excluding hydrogens is 272 g/mol. The number of rotatable bonds is 4. The number of hydrogen-bond acceptors (Lipinski definition) is 5. The third kappa shape index (κ3) is 3.75. The van der Waals surface area contributed by atoms with Gasteiger partial charge in [0, 0.05) is 29.9 Å². The molecule has 1 aromatic heterocycles. The normalized spacial score (nSPS) is 10.1. The lowest BCUT2D eigenvalue weighted by Crippen LogP contribution is -2.23. The minimum atomic E-state index is -0.467. The van der Waals surface area contributed by atoms with E-state index in [1.165, 1.54) is 18.2 Å². The monoisotopic (exact) mass is 286 g/mol. The lowest BCUT2D eigenvalue weighted by atomic mass is 10.2. The summed E-state index contributed by atoms with van der Waals surface area (Å²) >= 11 is 0. The molecule has 0 spiro atoms. The zero-order valence-corrected chi connectivity index (χ0v) is 11.4. The maximum Gasteiger partial charge on any atom is 0.269 e. The van der Waals surface area contributed by atoms with Gasteiger partial charge in [-0.15, -0.1) is 0 Å². The van der Waals surface area contributed by atoms with Crippen molar-refractivity contribution in [1.29, 1.82) is 0 Å². The number of nitrogens with one attached hydrogen (secondary N) is 1. The summed E-state index contributed by atoms with van der Waals surface area (Å²) in [7, 11) is 0. The molecule has 7 heteroatoms. The topological polar surface area (TPSA) is 111 Å². The second-order valence-corrected chi connectivity index (χ2v) is 4.53. The Morgan fingerprint density at radius 1 is 1.33 bits per heavy atom. The molecule has 0 unspecified atom stereocenters. The maximum atomic E-state index is 12.0. The highest BCUT2D eigenvalue weighted by Crippen LogP contribution is 2.12. The van der Waals surface area contributed by atoms with Crippen molar-refractivity contribution in [3.63, 3.8) is 0 Å². The zero-order chi connectivity index (χ0) is 15.4. The Balaban J connectivity index is 2.02. The van der Waals surface area contributed by atoms with Crippen LogP contribution < -0.4 is 11.1 Å². The van der Waals surface area contributed by atoms with Gasteiger partial charge in [-0.25, -0.2) is 4.98 Å². The fraction of sp³-hybridized carbons (Fsp3) is 0.143. The molecule has 3 N–H and O–H groups in total. The minimum Gasteiger partial charge on any atom is -0.384 e. The summed E-state index contributed by atoms with van der Waals surface area (Å²) in [6.07, 6.45) is 0. The van der Waals surface area contributed by atoms with Crippen LogP contribution in [0.25, 0.3) is 0 Å². The lowest BCUT2D eigenvalue weighted by molar-refractivity contribution is -0.384. The first-order chi connectivity index (χ1) is 9.95. The van der Waals surface area contributed by atoms with Gasteiger partial charge in [-0.2, -0.15) is 0 Å². The van der Waals surface area contributed by atoms with Gasteiger partial charge < -0.3 is 11.1 Å². The number of carbonyl (C=O) groups is 1. The molecule has 0 aliphatic heterocycles. The van der Waals surface area contributed by atoms with E-state index in [1.807, 2.05) is 0 Å². The van der Waals surface area contributed by atoms with Crippen LogP contribution in [0.1, 0.15) is 21.6 Å². The SMILES string of the molecule is Cc1cc(C(=O)NCc2ccc([N+](=O)[O-])cc2)cc(N)n1. The third-order valence-electron chi connectivity index (χ3n) is 2.84. The van der Waals surface area contributed by atoms with Crippen molar-refractivity contribution in [2.45, 2.75) is 13.5 Å². The second-order valence-electron chi connectivity index (χ2n) is 4.53. The number of benzene rings is 1. The van der Waals surface area contributed by atoms with E-state index in [0.717, 1.165) is 5.56 Å². The summed E-state index contributed by atoms with van der Waals surface area (Å²) < 4.78 is 0. The van der Waals surface area contributed by atoms with Gasteiger partial charge in [-0.1, -0.05) is 12.1 Å². The summed E-state index contributed by atoms with van der Waals surface area (Å²) in [5, 5.41) is 13.3. The number of pyridine rings is 1. The van der Waals surface area contributed by atoms with Crippen LogP contribution in [0, 0.1) is 17.0 Å². The van der Waals surface area contributed by atoms with Crippen LogP contribution in [0.2, 0.25) is 0 Å². The van der Waals surface area contributed by atoms with Gasteiger partial charge in [-0.3, -0.25) is 14.9 Å². The van der Waals surface area contributed by atoms with E-state index < -0.39 is 4.92 Å². The molecule has 2 rings (SSSR count). The Bertz CT molecular complexity index is 663. The third-order valence-corrected chi connectivity index (χ3v) is 2.84. The van der Waals surface area contributed by atoms with Crippen molar-refractivity contribution in [3.05, 3.63) is 63.3 Å². The summed E-state index contributed by atoms with van der Waals surface area (Å²) in [5.41, 5.74) is 7.48. The maximum absolute atomic E-state index is 12.0. The highest BCUT2D eigenvalue weighted by molar-refractivity contribution is 5.94. The molecule has 0 aliphatic carbocycles. The number of nitrogens with zero attached hydrogens (tertiary/aromatic N) is 2. The predicted octanol–water partition coefficient (Wildman–Crippen LogP) is 1.81. The zero-order valence-electron chi connectivity index (χ0n) is 11.4. The van der Waals surface area contributed by atoms with Crippen LogP contribution in [0.15, 0.2) is 36.4 Å². The van der Waals surface area contributed by atoms with Gasteiger partial charge in [0.25, 0.3) is 11.6 Å². The Hall–Kier alpha value is -2.96. The van der Waals surface area contributed by atoms with Crippen molar-refractivity contribution in [2.24, 2.45) is 0 Å². The fourth-order valence-corrected chi connectivity index (χ4v) is 1.85. The molecular formula is C14H14N4O3. The fourth-order valence-electron chi connectivity index (χ4n) is 1.85. The molecule has 0 radical (unpaired) electrons. The number of anilines is 1. The molecule has 1 heterocycles. The molecule has 7 nitrogen and oxygen atoms in total. The molecule has 2 aromatic rings. The Morgan fingerprint density at radius 3 is 2.57 bits per heavy atom. The van der Waals surface area contributed by atoms with Gasteiger partial charge in [-0.05, 0) is 24.6 Å². The number of nitrogen functional groups attached to an aromatic ring is 1. The first-order valence-electron chi connectivity index (χ1n) is 6.21. The van der Waals surface area contributed by atoms with Crippen molar-refractivity contribution in [3.8, 4) is 0 Å². The van der Waals surface area contributed by atoms with Gasteiger partial charge in [0.2, 0.25) is 0 Å². The van der Waals surface area contributed by atoms with E-state index in [1.54, 1.807) is 25.1 Å². The van der Waals surface area contributed by atoms with Crippen LogP contribution in [0.3, 0.4) is 0 Å². The molecule has 0 aliphatic rings. The number of nitro groups is 1. The second kappa shape index (κ2) is 6.00. The summed E-state index contributed by atoms with van der Waals surface area (Å²) in [6.45, 7) is 2.03. The number of non-ortho nitro benzene ring substituents is 1. The number of hydrogen-bond donors (Lipinski definition) is 2. The molecule has 1 amide bonds. The number of aryl methyl sites for hydroxylation is 1. The largest absolute Gasteiger partial charge is 0.384 e. The number of nitrogens with two attached hydrogens (primary N) is 1. The van der Waals surface area contributed by atoms with Crippen molar-refractivity contribution in [1.82, 2.24) is 10.3 Å². The van der Waals surface area contributed by atoms with Crippen LogP contribution in [0.4, 0.5) is 11.5 Å². The van der Waals surface area contributed by atoms with Crippen LogP contribution in [-0.2, 0) is 6.54 Å². The quantitative estimate of drug-likeness (QED) is 0.657. The standard InChI is InChI=1S/C14H14N4O3/c1-9-6-11(7-13(15)17-9)14(19)16-8-10-2-4-12(5-3-10)18(20)21/h2-7H,8H2,1H3,(H2,15,17)(H,16,19). The molecule has 0 atom stereocenters. The summed E-state index contributed by atoms with van der Waals surface area (Å²) in [6, 6.07) is 9.14. The Morgan fingerprint density at radius 2 is 2.00 bits per heavy atom. The molecule has 1 aromatic carbocycles. The van der Waals surface area contributed by atoms with E-state index in [0.29, 0.717) is 11.3 Å². The first-order valence-corrected chi connectivity index (χ1v) is 6.21. The molecule has 0 fully saturated rings.